The molecule has 0 spiro atoms. The highest BCUT2D eigenvalue weighted by atomic mass is 32.2. The number of furan rings is 1. The lowest BCUT2D eigenvalue weighted by Crippen LogP contribution is -2.18. The van der Waals surface area contributed by atoms with E-state index in [0.717, 1.165) is 29.2 Å². The molecule has 8 nitrogen and oxygen atoms in total. The van der Waals surface area contributed by atoms with Crippen molar-refractivity contribution >= 4 is 45.3 Å². The summed E-state index contributed by atoms with van der Waals surface area (Å²) >= 11 is 1.23. The van der Waals surface area contributed by atoms with Gasteiger partial charge in [-0.1, -0.05) is 30.0 Å². The van der Waals surface area contributed by atoms with Gasteiger partial charge in [0.15, 0.2) is 5.16 Å². The minimum atomic E-state index is -0.229. The van der Waals surface area contributed by atoms with E-state index in [1.807, 2.05) is 30.3 Å². The molecule has 4 aromatic rings. The van der Waals surface area contributed by atoms with Gasteiger partial charge in [-0.2, -0.15) is 0 Å². The Kier molecular flexibility index (Phi) is 4.31. The van der Waals surface area contributed by atoms with Gasteiger partial charge in [0.2, 0.25) is 5.91 Å². The summed E-state index contributed by atoms with van der Waals surface area (Å²) in [7, 11) is 1.56. The van der Waals surface area contributed by atoms with E-state index in [9.17, 15) is 9.59 Å². The second kappa shape index (κ2) is 7.00. The van der Waals surface area contributed by atoms with Crippen LogP contribution in [0.5, 0.6) is 5.75 Å². The van der Waals surface area contributed by atoms with Crippen molar-refractivity contribution in [3.63, 3.8) is 0 Å². The lowest BCUT2D eigenvalue weighted by Gasteiger charge is -2.10. The Morgan fingerprint density at radius 1 is 1.31 bits per heavy atom. The van der Waals surface area contributed by atoms with Crippen LogP contribution in [0.4, 0.5) is 5.69 Å². The highest BCUT2D eigenvalue weighted by Crippen LogP contribution is 2.37. The zero-order chi connectivity index (χ0) is 20.0. The van der Waals surface area contributed by atoms with Crippen LogP contribution >= 0.6 is 11.8 Å². The number of amides is 1. The molecule has 1 aliphatic rings. The molecule has 148 valence electrons. The molecule has 0 bridgehead atoms. The van der Waals surface area contributed by atoms with E-state index >= 15 is 0 Å². The molecule has 29 heavy (non-hydrogen) atoms. The summed E-state index contributed by atoms with van der Waals surface area (Å²) in [6, 6.07) is 11.6. The number of carbonyl (C=O) groups excluding carboxylic acids is 1. The number of aromatic amines is 1. The third-order valence-corrected chi connectivity index (χ3v) is 5.84. The maximum atomic E-state index is 12.5. The summed E-state index contributed by atoms with van der Waals surface area (Å²) in [5, 5.41) is 11.8. The number of methoxy groups -OCH3 is 1. The molecular formula is C20H18N4O4S. The molecule has 2 aromatic carbocycles. The van der Waals surface area contributed by atoms with Crippen LogP contribution in [0, 0.1) is 0 Å². The number of aromatic nitrogens is 3. The number of hydrogen-bond donors (Lipinski definition) is 2. The molecule has 1 saturated carbocycles. The average Bonchev–Trinajstić information content (AvgIpc) is 3.39. The molecule has 1 amide bonds. The van der Waals surface area contributed by atoms with E-state index in [1.165, 1.54) is 11.8 Å². The van der Waals surface area contributed by atoms with Crippen molar-refractivity contribution in [3.8, 4) is 5.75 Å². The van der Waals surface area contributed by atoms with Crippen molar-refractivity contribution in [2.45, 2.75) is 24.0 Å². The maximum absolute atomic E-state index is 12.5. The number of benzene rings is 2. The Labute approximate surface area is 169 Å². The SMILES string of the molecule is COc1cc2c(cc1NC(=O)CSc1n[nH]c(=O)n1C1CC1)oc1ccccc12. The van der Waals surface area contributed by atoms with Crippen LogP contribution in [0.25, 0.3) is 21.9 Å². The molecule has 2 N–H and O–H groups in total. The molecule has 0 unspecified atom stereocenters. The Morgan fingerprint density at radius 2 is 2.14 bits per heavy atom. The Balaban J connectivity index is 1.37. The Morgan fingerprint density at radius 3 is 2.93 bits per heavy atom. The minimum absolute atomic E-state index is 0.123. The molecule has 0 radical (unpaired) electrons. The molecule has 2 aromatic heterocycles. The quantitative estimate of drug-likeness (QED) is 0.472. The van der Waals surface area contributed by atoms with Crippen molar-refractivity contribution in [1.82, 2.24) is 14.8 Å². The number of para-hydroxylation sites is 1. The largest absolute Gasteiger partial charge is 0.495 e. The third kappa shape index (κ3) is 3.27. The molecule has 9 heteroatoms. The van der Waals surface area contributed by atoms with Crippen LogP contribution in [0.3, 0.4) is 0 Å². The van der Waals surface area contributed by atoms with Gasteiger partial charge in [-0.05, 0) is 25.0 Å². The number of hydrogen-bond acceptors (Lipinski definition) is 6. The lowest BCUT2D eigenvalue weighted by atomic mass is 10.1. The number of nitrogens with zero attached hydrogens (tertiary/aromatic N) is 2. The molecule has 1 aliphatic carbocycles. The summed E-state index contributed by atoms with van der Waals surface area (Å²) in [6.45, 7) is 0. The van der Waals surface area contributed by atoms with Gasteiger partial charge in [0, 0.05) is 22.9 Å². The number of ether oxygens (including phenoxy) is 1. The van der Waals surface area contributed by atoms with Crippen molar-refractivity contribution in [2.24, 2.45) is 0 Å². The monoisotopic (exact) mass is 410 g/mol. The standard InChI is InChI=1S/C20H18N4O4S/c1-27-17-8-13-12-4-2-3-5-15(12)28-16(13)9-14(17)21-18(25)10-29-20-23-22-19(26)24(20)11-6-7-11/h2-5,8-9,11H,6-7,10H2,1H3,(H,21,25)(H,22,26). The van der Waals surface area contributed by atoms with E-state index in [0.29, 0.717) is 22.2 Å². The summed E-state index contributed by atoms with van der Waals surface area (Å²) in [6.07, 6.45) is 1.93. The lowest BCUT2D eigenvalue weighted by molar-refractivity contribution is -0.113. The molecule has 0 aliphatic heterocycles. The van der Waals surface area contributed by atoms with E-state index in [1.54, 1.807) is 17.7 Å². The first-order valence-corrected chi connectivity index (χ1v) is 10.2. The van der Waals surface area contributed by atoms with Crippen molar-refractivity contribution in [2.75, 3.05) is 18.2 Å². The van der Waals surface area contributed by atoms with Crippen molar-refractivity contribution in [3.05, 3.63) is 46.9 Å². The first-order valence-electron chi connectivity index (χ1n) is 9.23. The van der Waals surface area contributed by atoms with E-state index < -0.39 is 0 Å². The second-order valence-corrected chi connectivity index (χ2v) is 7.84. The number of thioether (sulfide) groups is 1. The zero-order valence-electron chi connectivity index (χ0n) is 15.6. The first-order chi connectivity index (χ1) is 14.1. The summed E-state index contributed by atoms with van der Waals surface area (Å²) in [5.41, 5.74) is 1.75. The smallest absolute Gasteiger partial charge is 0.344 e. The van der Waals surface area contributed by atoms with Crippen molar-refractivity contribution in [1.29, 1.82) is 0 Å². The number of anilines is 1. The Bertz CT molecular complexity index is 1280. The van der Waals surface area contributed by atoms with Crippen molar-refractivity contribution < 1.29 is 13.9 Å². The number of fused-ring (bicyclic) bond motifs is 3. The Hall–Kier alpha value is -3.20. The molecular weight excluding hydrogens is 392 g/mol. The third-order valence-electron chi connectivity index (χ3n) is 4.89. The number of H-pyrrole nitrogens is 1. The highest BCUT2D eigenvalue weighted by Gasteiger charge is 2.28. The van der Waals surface area contributed by atoms with E-state index in [4.69, 9.17) is 9.15 Å². The summed E-state index contributed by atoms with van der Waals surface area (Å²) in [5.74, 6) is 0.455. The van der Waals surface area contributed by atoms with Gasteiger partial charge in [-0.15, -0.1) is 5.10 Å². The first kappa shape index (κ1) is 17.9. The van der Waals surface area contributed by atoms with Crippen LogP contribution in [0.1, 0.15) is 18.9 Å². The highest BCUT2D eigenvalue weighted by molar-refractivity contribution is 7.99. The van der Waals surface area contributed by atoms with Crippen LogP contribution in [-0.2, 0) is 4.79 Å². The van der Waals surface area contributed by atoms with E-state index in [2.05, 4.69) is 15.5 Å². The number of rotatable bonds is 6. The second-order valence-electron chi connectivity index (χ2n) is 6.90. The number of carbonyl (C=O) groups is 1. The molecule has 2 heterocycles. The van der Waals surface area contributed by atoms with Gasteiger partial charge in [-0.3, -0.25) is 9.36 Å². The minimum Gasteiger partial charge on any atom is -0.495 e. The average molecular weight is 410 g/mol. The van der Waals surface area contributed by atoms with Crippen LogP contribution in [0.15, 0.2) is 50.8 Å². The van der Waals surface area contributed by atoms with Crippen LogP contribution < -0.4 is 15.7 Å². The normalized spacial score (nSPS) is 13.8. The van der Waals surface area contributed by atoms with Gasteiger partial charge in [-0.25, -0.2) is 9.89 Å². The van der Waals surface area contributed by atoms with Crippen LogP contribution in [-0.4, -0.2) is 33.5 Å². The molecule has 1 fully saturated rings. The maximum Gasteiger partial charge on any atom is 0.344 e. The predicted molar refractivity (Wildman–Crippen MR) is 111 cm³/mol. The molecule has 5 rings (SSSR count). The van der Waals surface area contributed by atoms with E-state index in [-0.39, 0.29) is 23.4 Å². The zero-order valence-corrected chi connectivity index (χ0v) is 16.4. The van der Waals surface area contributed by atoms with Crippen LogP contribution in [0.2, 0.25) is 0 Å². The fourth-order valence-corrected chi connectivity index (χ4v) is 4.19. The van der Waals surface area contributed by atoms with Gasteiger partial charge in [0.25, 0.3) is 0 Å². The topological polar surface area (TPSA) is 102 Å². The fraction of sp³-hybridized carbons (Fsp3) is 0.250. The predicted octanol–water partition coefficient (Wildman–Crippen LogP) is 3.55. The fourth-order valence-electron chi connectivity index (χ4n) is 3.38. The van der Waals surface area contributed by atoms with Gasteiger partial charge in [0.05, 0.1) is 18.6 Å². The van der Waals surface area contributed by atoms with Gasteiger partial charge >= 0.3 is 5.69 Å². The summed E-state index contributed by atoms with van der Waals surface area (Å²) in [4.78, 5) is 24.4. The van der Waals surface area contributed by atoms with Gasteiger partial charge < -0.3 is 14.5 Å². The summed E-state index contributed by atoms with van der Waals surface area (Å²) < 4.78 is 13.0. The van der Waals surface area contributed by atoms with Gasteiger partial charge in [0.1, 0.15) is 16.9 Å². The molecule has 0 atom stereocenters. The molecule has 0 saturated heterocycles. The number of nitrogens with one attached hydrogen (secondary N) is 2.